The van der Waals surface area contributed by atoms with Crippen LogP contribution in [0, 0.1) is 18.3 Å². The number of carbonyl (C=O) groups is 1. The molecule has 2 atom stereocenters. The highest BCUT2D eigenvalue weighted by Gasteiger charge is 2.28. The van der Waals surface area contributed by atoms with Crippen LogP contribution in [0.2, 0.25) is 0 Å². The number of rotatable bonds is 5. The van der Waals surface area contributed by atoms with E-state index in [1.165, 1.54) is 0 Å². The summed E-state index contributed by atoms with van der Waals surface area (Å²) < 4.78 is 0. The molecule has 1 saturated heterocycles. The summed E-state index contributed by atoms with van der Waals surface area (Å²) in [6.07, 6.45) is 6.07. The van der Waals surface area contributed by atoms with Crippen molar-refractivity contribution in [3.63, 3.8) is 0 Å². The van der Waals surface area contributed by atoms with Gasteiger partial charge in [-0.2, -0.15) is 0 Å². The Morgan fingerprint density at radius 2 is 2.53 bits per heavy atom. The molecule has 0 aromatic heterocycles. The Hall–Kier alpha value is -0.660. The summed E-state index contributed by atoms with van der Waals surface area (Å²) in [5, 5.41) is 6.21. The van der Waals surface area contributed by atoms with Crippen LogP contribution in [0.4, 0.5) is 0 Å². The average Bonchev–Trinajstić information content (AvgIpc) is 2.64. The Bertz CT molecular complexity index is 249. The third kappa shape index (κ3) is 4.15. The SMILES string of the molecule is C#CCSCCNC(=O)C1CCNC1C. The lowest BCUT2D eigenvalue weighted by atomic mass is 10.0. The smallest absolute Gasteiger partial charge is 0.224 e. The molecule has 2 N–H and O–H groups in total. The van der Waals surface area contributed by atoms with E-state index in [-0.39, 0.29) is 11.8 Å². The van der Waals surface area contributed by atoms with Crippen LogP contribution in [0.25, 0.3) is 0 Å². The highest BCUT2D eigenvalue weighted by molar-refractivity contribution is 7.99. The van der Waals surface area contributed by atoms with Gasteiger partial charge in [0.1, 0.15) is 0 Å². The maximum Gasteiger partial charge on any atom is 0.224 e. The van der Waals surface area contributed by atoms with Gasteiger partial charge in [-0.1, -0.05) is 5.92 Å². The number of amides is 1. The molecule has 1 heterocycles. The van der Waals surface area contributed by atoms with Crippen molar-refractivity contribution in [3.05, 3.63) is 0 Å². The number of hydrogen-bond donors (Lipinski definition) is 2. The van der Waals surface area contributed by atoms with Crippen molar-refractivity contribution < 1.29 is 4.79 Å². The Morgan fingerprint density at radius 3 is 3.13 bits per heavy atom. The largest absolute Gasteiger partial charge is 0.355 e. The van der Waals surface area contributed by atoms with Gasteiger partial charge in [-0.3, -0.25) is 4.79 Å². The molecule has 1 aliphatic heterocycles. The topological polar surface area (TPSA) is 41.1 Å². The van der Waals surface area contributed by atoms with Gasteiger partial charge in [-0.25, -0.2) is 0 Å². The quantitative estimate of drug-likeness (QED) is 0.529. The molecule has 0 spiro atoms. The summed E-state index contributed by atoms with van der Waals surface area (Å²) in [4.78, 5) is 11.7. The van der Waals surface area contributed by atoms with Gasteiger partial charge in [0.2, 0.25) is 5.91 Å². The first kappa shape index (κ1) is 12.4. The first-order valence-electron chi connectivity index (χ1n) is 5.28. The van der Waals surface area contributed by atoms with Crippen molar-refractivity contribution in [2.24, 2.45) is 5.92 Å². The highest BCUT2D eigenvalue weighted by Crippen LogP contribution is 2.14. The summed E-state index contributed by atoms with van der Waals surface area (Å²) >= 11 is 1.67. The molecule has 1 rings (SSSR count). The first-order chi connectivity index (χ1) is 7.25. The summed E-state index contributed by atoms with van der Waals surface area (Å²) in [7, 11) is 0. The second kappa shape index (κ2) is 6.76. The molecule has 1 amide bonds. The van der Waals surface area contributed by atoms with Gasteiger partial charge >= 0.3 is 0 Å². The summed E-state index contributed by atoms with van der Waals surface area (Å²) in [5.41, 5.74) is 0. The molecule has 0 aromatic carbocycles. The van der Waals surface area contributed by atoms with Crippen molar-refractivity contribution in [2.75, 3.05) is 24.6 Å². The van der Waals surface area contributed by atoms with E-state index in [0.29, 0.717) is 12.6 Å². The number of terminal acetylenes is 1. The fourth-order valence-electron chi connectivity index (χ4n) is 1.73. The van der Waals surface area contributed by atoms with Crippen molar-refractivity contribution in [2.45, 2.75) is 19.4 Å². The molecule has 15 heavy (non-hydrogen) atoms. The first-order valence-corrected chi connectivity index (χ1v) is 6.43. The molecule has 3 nitrogen and oxygen atoms in total. The summed E-state index contributed by atoms with van der Waals surface area (Å²) in [6, 6.07) is 0.309. The van der Waals surface area contributed by atoms with Crippen molar-refractivity contribution >= 4 is 17.7 Å². The van der Waals surface area contributed by atoms with E-state index in [1.807, 2.05) is 0 Å². The Balaban J connectivity index is 2.11. The number of carbonyl (C=O) groups excluding carboxylic acids is 1. The lowest BCUT2D eigenvalue weighted by Gasteiger charge is -2.14. The van der Waals surface area contributed by atoms with E-state index in [1.54, 1.807) is 11.8 Å². The minimum Gasteiger partial charge on any atom is -0.355 e. The second-order valence-electron chi connectivity index (χ2n) is 3.69. The van der Waals surface area contributed by atoms with E-state index in [9.17, 15) is 4.79 Å². The van der Waals surface area contributed by atoms with Crippen LogP contribution in [0.3, 0.4) is 0 Å². The number of thioether (sulfide) groups is 1. The van der Waals surface area contributed by atoms with Gasteiger partial charge in [0.25, 0.3) is 0 Å². The number of hydrogen-bond acceptors (Lipinski definition) is 3. The van der Waals surface area contributed by atoms with Crippen LogP contribution in [0.15, 0.2) is 0 Å². The average molecular weight is 226 g/mol. The molecule has 2 unspecified atom stereocenters. The molecule has 0 aliphatic carbocycles. The van der Waals surface area contributed by atoms with Gasteiger partial charge in [0.15, 0.2) is 0 Å². The minimum atomic E-state index is 0.141. The molecule has 4 heteroatoms. The molecule has 1 fully saturated rings. The third-order valence-corrected chi connectivity index (χ3v) is 3.46. The van der Waals surface area contributed by atoms with E-state index in [0.717, 1.165) is 24.5 Å². The van der Waals surface area contributed by atoms with Crippen LogP contribution in [0.5, 0.6) is 0 Å². The lowest BCUT2D eigenvalue weighted by molar-refractivity contribution is -0.124. The van der Waals surface area contributed by atoms with Crippen LogP contribution < -0.4 is 10.6 Å². The van der Waals surface area contributed by atoms with Crippen molar-refractivity contribution in [1.29, 1.82) is 0 Å². The zero-order chi connectivity index (χ0) is 11.1. The summed E-state index contributed by atoms with van der Waals surface area (Å²) in [5.74, 6) is 4.49. The fourth-order valence-corrected chi connectivity index (χ4v) is 2.23. The van der Waals surface area contributed by atoms with Crippen LogP contribution in [0.1, 0.15) is 13.3 Å². The van der Waals surface area contributed by atoms with Gasteiger partial charge in [0.05, 0.1) is 11.7 Å². The number of nitrogens with one attached hydrogen (secondary N) is 2. The second-order valence-corrected chi connectivity index (χ2v) is 4.79. The van der Waals surface area contributed by atoms with Crippen molar-refractivity contribution in [3.8, 4) is 12.3 Å². The van der Waals surface area contributed by atoms with E-state index in [2.05, 4.69) is 23.5 Å². The van der Waals surface area contributed by atoms with Gasteiger partial charge in [-0.05, 0) is 19.9 Å². The fraction of sp³-hybridized carbons (Fsp3) is 0.727. The van der Waals surface area contributed by atoms with E-state index in [4.69, 9.17) is 6.42 Å². The zero-order valence-corrected chi connectivity index (χ0v) is 9.90. The van der Waals surface area contributed by atoms with Crippen LogP contribution >= 0.6 is 11.8 Å². The monoisotopic (exact) mass is 226 g/mol. The lowest BCUT2D eigenvalue weighted by Crippen LogP contribution is -2.37. The highest BCUT2D eigenvalue weighted by atomic mass is 32.2. The predicted molar refractivity (Wildman–Crippen MR) is 64.7 cm³/mol. The zero-order valence-electron chi connectivity index (χ0n) is 9.08. The van der Waals surface area contributed by atoms with E-state index < -0.39 is 0 Å². The Labute approximate surface area is 95.8 Å². The predicted octanol–water partition coefficient (Wildman–Crippen LogP) is 0.467. The summed E-state index contributed by atoms with van der Waals surface area (Å²) in [6.45, 7) is 3.73. The van der Waals surface area contributed by atoms with Gasteiger partial charge < -0.3 is 10.6 Å². The van der Waals surface area contributed by atoms with Crippen molar-refractivity contribution in [1.82, 2.24) is 10.6 Å². The van der Waals surface area contributed by atoms with Gasteiger partial charge in [0, 0.05) is 18.3 Å². The molecule has 1 aliphatic rings. The van der Waals surface area contributed by atoms with E-state index >= 15 is 0 Å². The molecule has 0 aromatic rings. The molecule has 0 radical (unpaired) electrons. The Kier molecular flexibility index (Phi) is 5.59. The standard InChI is InChI=1S/C11H18N2OS/c1-3-7-15-8-6-13-11(14)10-4-5-12-9(10)2/h1,9-10,12H,4-8H2,2H3,(H,13,14). The van der Waals surface area contributed by atoms with Crippen LogP contribution in [-0.2, 0) is 4.79 Å². The molecule has 0 saturated carbocycles. The minimum absolute atomic E-state index is 0.141. The third-order valence-electron chi connectivity index (χ3n) is 2.59. The maximum atomic E-state index is 11.7. The van der Waals surface area contributed by atoms with Crippen LogP contribution in [-0.4, -0.2) is 36.5 Å². The Morgan fingerprint density at radius 1 is 1.73 bits per heavy atom. The van der Waals surface area contributed by atoms with Gasteiger partial charge in [-0.15, -0.1) is 18.2 Å². The maximum absolute atomic E-state index is 11.7. The normalized spacial score (nSPS) is 24.8. The molecule has 84 valence electrons. The molecular weight excluding hydrogens is 208 g/mol. The molecule has 0 bridgehead atoms. The molecular formula is C11H18N2OS.